The van der Waals surface area contributed by atoms with Gasteiger partial charge in [0.2, 0.25) is 0 Å². The lowest BCUT2D eigenvalue weighted by Crippen LogP contribution is -1.76. The first-order chi connectivity index (χ1) is 7.33. The van der Waals surface area contributed by atoms with Crippen molar-refractivity contribution >= 4 is 33.0 Å². The van der Waals surface area contributed by atoms with Crippen molar-refractivity contribution in [1.82, 2.24) is 15.2 Å². The van der Waals surface area contributed by atoms with Gasteiger partial charge in [-0.15, -0.1) is 0 Å². The number of halogens is 1. The van der Waals surface area contributed by atoms with Gasteiger partial charge >= 0.3 is 0 Å². The Morgan fingerprint density at radius 2 is 2.33 bits per heavy atom. The van der Waals surface area contributed by atoms with Gasteiger partial charge in [-0.1, -0.05) is 6.08 Å². The van der Waals surface area contributed by atoms with Gasteiger partial charge in [0.25, 0.3) is 0 Å². The summed E-state index contributed by atoms with van der Waals surface area (Å²) >= 11 is 3.42. The standard InChI is InChI=1S/C11H10BrN3/c12-8-5-9-10(4-3-7-1-2-7)14-15-11(9)13-6-8/h3-7H,1-2H2,(H,13,14,15)/b4-3+. The Balaban J connectivity index is 2.05. The molecule has 0 radical (unpaired) electrons. The molecule has 2 heterocycles. The average molecular weight is 264 g/mol. The van der Waals surface area contributed by atoms with E-state index < -0.39 is 0 Å². The maximum atomic E-state index is 4.22. The van der Waals surface area contributed by atoms with Gasteiger partial charge < -0.3 is 0 Å². The molecule has 3 rings (SSSR count). The molecule has 15 heavy (non-hydrogen) atoms. The molecule has 0 spiro atoms. The van der Waals surface area contributed by atoms with E-state index in [9.17, 15) is 0 Å². The Labute approximate surface area is 95.7 Å². The lowest BCUT2D eigenvalue weighted by molar-refractivity contribution is 1.08. The van der Waals surface area contributed by atoms with E-state index in [0.717, 1.165) is 27.1 Å². The maximum Gasteiger partial charge on any atom is 0.181 e. The predicted molar refractivity (Wildman–Crippen MR) is 63.3 cm³/mol. The van der Waals surface area contributed by atoms with E-state index in [-0.39, 0.29) is 0 Å². The quantitative estimate of drug-likeness (QED) is 0.905. The number of hydrogen-bond donors (Lipinski definition) is 1. The fourth-order valence-corrected chi connectivity index (χ4v) is 1.87. The Bertz CT molecular complexity index is 526. The monoisotopic (exact) mass is 263 g/mol. The second kappa shape index (κ2) is 3.45. The van der Waals surface area contributed by atoms with E-state index >= 15 is 0 Å². The summed E-state index contributed by atoms with van der Waals surface area (Å²) < 4.78 is 0.984. The van der Waals surface area contributed by atoms with Crippen molar-refractivity contribution < 1.29 is 0 Å². The second-order valence-electron chi connectivity index (χ2n) is 3.86. The molecule has 0 bridgehead atoms. The highest BCUT2D eigenvalue weighted by molar-refractivity contribution is 9.10. The highest BCUT2D eigenvalue weighted by Crippen LogP contribution is 2.31. The molecule has 0 aliphatic heterocycles. The normalized spacial score (nSPS) is 16.6. The van der Waals surface area contributed by atoms with E-state index in [1.54, 1.807) is 6.20 Å². The van der Waals surface area contributed by atoms with Crippen molar-refractivity contribution in [3.63, 3.8) is 0 Å². The minimum atomic E-state index is 0.772. The minimum absolute atomic E-state index is 0.772. The van der Waals surface area contributed by atoms with E-state index in [4.69, 9.17) is 0 Å². The molecule has 0 aromatic carbocycles. The fourth-order valence-electron chi connectivity index (χ4n) is 1.54. The van der Waals surface area contributed by atoms with Crippen LogP contribution in [-0.2, 0) is 0 Å². The SMILES string of the molecule is Brc1cnc2n[nH]c(/C=C/C3CC3)c2c1. The lowest BCUT2D eigenvalue weighted by Gasteiger charge is -1.91. The molecule has 4 heteroatoms. The summed E-state index contributed by atoms with van der Waals surface area (Å²) in [5.74, 6) is 0.781. The van der Waals surface area contributed by atoms with Crippen molar-refractivity contribution in [2.75, 3.05) is 0 Å². The van der Waals surface area contributed by atoms with Crippen LogP contribution in [0.5, 0.6) is 0 Å². The molecule has 1 N–H and O–H groups in total. The van der Waals surface area contributed by atoms with E-state index in [1.165, 1.54) is 12.8 Å². The molecule has 0 amide bonds. The summed E-state index contributed by atoms with van der Waals surface area (Å²) in [6.07, 6.45) is 8.77. The zero-order chi connectivity index (χ0) is 10.3. The average Bonchev–Trinajstić information content (AvgIpc) is 2.97. The zero-order valence-corrected chi connectivity index (χ0v) is 9.66. The third kappa shape index (κ3) is 1.81. The van der Waals surface area contributed by atoms with E-state index in [2.05, 4.69) is 43.3 Å². The molecule has 0 atom stereocenters. The molecule has 1 aliphatic rings. The van der Waals surface area contributed by atoms with Crippen LogP contribution in [0.25, 0.3) is 17.1 Å². The van der Waals surface area contributed by atoms with Gasteiger partial charge in [0.15, 0.2) is 5.65 Å². The predicted octanol–water partition coefficient (Wildman–Crippen LogP) is 3.14. The first kappa shape index (κ1) is 9.09. The highest BCUT2D eigenvalue weighted by Gasteiger charge is 2.17. The summed E-state index contributed by atoms with van der Waals surface area (Å²) in [6.45, 7) is 0. The molecule has 76 valence electrons. The van der Waals surface area contributed by atoms with Crippen LogP contribution in [0, 0.1) is 5.92 Å². The number of nitrogens with one attached hydrogen (secondary N) is 1. The van der Waals surface area contributed by atoms with Crippen LogP contribution in [0.15, 0.2) is 22.8 Å². The molecular formula is C11H10BrN3. The van der Waals surface area contributed by atoms with Crippen molar-refractivity contribution in [2.45, 2.75) is 12.8 Å². The van der Waals surface area contributed by atoms with Crippen LogP contribution < -0.4 is 0 Å². The third-order valence-corrected chi connectivity index (χ3v) is 3.00. The number of aromatic amines is 1. The molecule has 3 nitrogen and oxygen atoms in total. The Kier molecular flexibility index (Phi) is 2.09. The Morgan fingerprint density at radius 3 is 3.13 bits per heavy atom. The van der Waals surface area contributed by atoms with Gasteiger partial charge in [-0.05, 0) is 46.8 Å². The third-order valence-electron chi connectivity index (χ3n) is 2.56. The van der Waals surface area contributed by atoms with Gasteiger partial charge in [0.1, 0.15) is 0 Å². The fraction of sp³-hybridized carbons (Fsp3) is 0.273. The van der Waals surface area contributed by atoms with Crippen molar-refractivity contribution in [3.8, 4) is 0 Å². The number of hydrogen-bond acceptors (Lipinski definition) is 2. The Morgan fingerprint density at radius 1 is 1.47 bits per heavy atom. The Hall–Kier alpha value is -1.16. The number of rotatable bonds is 2. The zero-order valence-electron chi connectivity index (χ0n) is 8.07. The molecule has 1 fully saturated rings. The molecule has 1 aliphatic carbocycles. The van der Waals surface area contributed by atoms with Crippen LogP contribution in [-0.4, -0.2) is 15.2 Å². The molecule has 2 aromatic rings. The summed E-state index contributed by atoms with van der Waals surface area (Å²) in [6, 6.07) is 2.04. The molecule has 1 saturated carbocycles. The number of allylic oxidation sites excluding steroid dienone is 1. The smallest absolute Gasteiger partial charge is 0.181 e. The van der Waals surface area contributed by atoms with Crippen LogP contribution in [0.3, 0.4) is 0 Å². The maximum absolute atomic E-state index is 4.22. The largest absolute Gasteiger partial charge is 0.276 e. The van der Waals surface area contributed by atoms with Crippen LogP contribution in [0.1, 0.15) is 18.5 Å². The molecular weight excluding hydrogens is 254 g/mol. The number of H-pyrrole nitrogens is 1. The topological polar surface area (TPSA) is 41.6 Å². The number of nitrogens with zero attached hydrogens (tertiary/aromatic N) is 2. The molecule has 0 saturated heterocycles. The first-order valence-corrected chi connectivity index (χ1v) is 5.80. The highest BCUT2D eigenvalue weighted by atomic mass is 79.9. The van der Waals surface area contributed by atoms with Crippen molar-refractivity contribution in [1.29, 1.82) is 0 Å². The van der Waals surface area contributed by atoms with Crippen molar-refractivity contribution in [3.05, 3.63) is 28.5 Å². The van der Waals surface area contributed by atoms with Gasteiger partial charge in [0, 0.05) is 16.1 Å². The summed E-state index contributed by atoms with van der Waals surface area (Å²) in [5, 5.41) is 8.22. The van der Waals surface area contributed by atoms with Crippen LogP contribution in [0.2, 0.25) is 0 Å². The van der Waals surface area contributed by atoms with E-state index in [1.807, 2.05) is 6.07 Å². The number of fused-ring (bicyclic) bond motifs is 1. The molecule has 0 unspecified atom stereocenters. The summed E-state index contributed by atoms with van der Waals surface area (Å²) in [4.78, 5) is 4.22. The minimum Gasteiger partial charge on any atom is -0.276 e. The second-order valence-corrected chi connectivity index (χ2v) is 4.77. The van der Waals surface area contributed by atoms with Gasteiger partial charge in [-0.3, -0.25) is 5.10 Å². The van der Waals surface area contributed by atoms with E-state index in [0.29, 0.717) is 0 Å². The van der Waals surface area contributed by atoms with Gasteiger partial charge in [-0.2, -0.15) is 5.10 Å². The lowest BCUT2D eigenvalue weighted by atomic mass is 10.2. The van der Waals surface area contributed by atoms with Crippen LogP contribution in [0.4, 0.5) is 0 Å². The number of pyridine rings is 1. The van der Waals surface area contributed by atoms with Gasteiger partial charge in [0.05, 0.1) is 5.69 Å². The molecule has 2 aromatic heterocycles. The number of aromatic nitrogens is 3. The van der Waals surface area contributed by atoms with Crippen LogP contribution >= 0.6 is 15.9 Å². The summed E-state index contributed by atoms with van der Waals surface area (Å²) in [5.41, 5.74) is 1.82. The van der Waals surface area contributed by atoms with Gasteiger partial charge in [-0.25, -0.2) is 4.98 Å². The first-order valence-electron chi connectivity index (χ1n) is 5.01. The van der Waals surface area contributed by atoms with Crippen molar-refractivity contribution in [2.24, 2.45) is 5.92 Å². The summed E-state index contributed by atoms with van der Waals surface area (Å²) in [7, 11) is 0.